The number of aromatic nitrogens is 3. The molecule has 8 rings (SSSR count). The van der Waals surface area contributed by atoms with Crippen LogP contribution in [0.3, 0.4) is 0 Å². The van der Waals surface area contributed by atoms with Gasteiger partial charge in [-0.3, -0.25) is 0 Å². The normalized spacial score (nSPS) is 29.8. The lowest BCUT2D eigenvalue weighted by atomic mass is 9.54. The highest BCUT2D eigenvalue weighted by Crippen LogP contribution is 2.54. The Morgan fingerprint density at radius 3 is 2.11 bits per heavy atom. The van der Waals surface area contributed by atoms with Gasteiger partial charge in [-0.15, -0.1) is 0 Å². The molecular formula is C31H40N6. The Morgan fingerprint density at radius 1 is 0.703 bits per heavy atom. The van der Waals surface area contributed by atoms with Crippen molar-refractivity contribution in [3.05, 3.63) is 48.0 Å². The lowest BCUT2D eigenvalue weighted by Gasteiger charge is -2.54. The standard InChI is InChI=1S/C31H40N6/c1-19(26-13-7-9-22-8-5-6-12-27(22)26)32-29-35-30(33-25-10-3-2-4-11-25)37-31(36-29)34-28-23-15-20-14-21(17-23)18-24(28)16-20/h5-9,12-13,19-21,23-25,28H,2-4,10-11,14-18H2,1H3,(H3,32,33,34,35,36,37)/t19-,20?,21?,23?,24?,28?/m0/s1. The van der Waals surface area contributed by atoms with Gasteiger partial charge in [0.15, 0.2) is 0 Å². The van der Waals surface area contributed by atoms with Crippen molar-refractivity contribution in [2.75, 3.05) is 16.0 Å². The first-order valence-electron chi connectivity index (χ1n) is 14.7. The molecule has 0 amide bonds. The number of rotatable bonds is 7. The molecule has 6 nitrogen and oxygen atoms in total. The first kappa shape index (κ1) is 23.2. The summed E-state index contributed by atoms with van der Waals surface area (Å²) in [4.78, 5) is 14.7. The predicted octanol–water partition coefficient (Wildman–Crippen LogP) is 7.18. The monoisotopic (exact) mass is 496 g/mol. The Kier molecular flexibility index (Phi) is 6.14. The molecule has 3 N–H and O–H groups in total. The van der Waals surface area contributed by atoms with Crippen LogP contribution in [0.2, 0.25) is 0 Å². The van der Waals surface area contributed by atoms with Gasteiger partial charge in [-0.2, -0.15) is 15.0 Å². The molecule has 0 saturated heterocycles. The fraction of sp³-hybridized carbons (Fsp3) is 0.581. The zero-order valence-electron chi connectivity index (χ0n) is 22.0. The fourth-order valence-electron chi connectivity index (χ4n) is 8.21. The van der Waals surface area contributed by atoms with Crippen molar-refractivity contribution >= 4 is 28.6 Å². The molecule has 5 aliphatic carbocycles. The number of nitrogens with one attached hydrogen (secondary N) is 3. The molecule has 0 radical (unpaired) electrons. The maximum atomic E-state index is 4.94. The molecule has 1 atom stereocenters. The molecule has 0 unspecified atom stereocenters. The van der Waals surface area contributed by atoms with Crippen LogP contribution in [0, 0.1) is 23.7 Å². The third kappa shape index (κ3) is 4.75. The summed E-state index contributed by atoms with van der Waals surface area (Å²) in [5.74, 6) is 5.56. The molecule has 1 aromatic heterocycles. The van der Waals surface area contributed by atoms with Gasteiger partial charge in [0.2, 0.25) is 17.8 Å². The van der Waals surface area contributed by atoms with E-state index in [1.807, 2.05) is 0 Å². The van der Waals surface area contributed by atoms with Crippen LogP contribution in [0.4, 0.5) is 17.8 Å². The molecule has 2 aromatic carbocycles. The third-order valence-electron chi connectivity index (χ3n) is 9.73. The Morgan fingerprint density at radius 2 is 1.35 bits per heavy atom. The summed E-state index contributed by atoms with van der Waals surface area (Å²) in [6.45, 7) is 2.20. The van der Waals surface area contributed by atoms with Crippen molar-refractivity contribution in [2.24, 2.45) is 23.7 Å². The van der Waals surface area contributed by atoms with E-state index in [1.165, 1.54) is 80.5 Å². The average molecular weight is 497 g/mol. The summed E-state index contributed by atoms with van der Waals surface area (Å²) in [5.41, 5.74) is 1.26. The second-order valence-electron chi connectivity index (χ2n) is 12.3. The highest BCUT2D eigenvalue weighted by molar-refractivity contribution is 5.86. The summed E-state index contributed by atoms with van der Waals surface area (Å²) in [5, 5.41) is 13.7. The fourth-order valence-corrected chi connectivity index (χ4v) is 8.21. The Bertz CT molecular complexity index is 1220. The molecule has 3 aromatic rings. The molecule has 37 heavy (non-hydrogen) atoms. The van der Waals surface area contributed by atoms with E-state index >= 15 is 0 Å². The summed E-state index contributed by atoms with van der Waals surface area (Å²) >= 11 is 0. The summed E-state index contributed by atoms with van der Waals surface area (Å²) in [6, 6.07) is 16.1. The third-order valence-corrected chi connectivity index (χ3v) is 9.73. The second-order valence-corrected chi connectivity index (χ2v) is 12.3. The lowest BCUT2D eigenvalue weighted by molar-refractivity contribution is 0.00728. The maximum Gasteiger partial charge on any atom is 0.229 e. The molecule has 5 aliphatic rings. The van der Waals surface area contributed by atoms with Crippen molar-refractivity contribution in [3.63, 3.8) is 0 Å². The van der Waals surface area contributed by atoms with Crippen LogP contribution < -0.4 is 16.0 Å². The van der Waals surface area contributed by atoms with Crippen LogP contribution in [0.1, 0.15) is 82.7 Å². The van der Waals surface area contributed by atoms with E-state index in [0.717, 1.165) is 29.6 Å². The van der Waals surface area contributed by atoms with E-state index in [1.54, 1.807) is 0 Å². The smallest absolute Gasteiger partial charge is 0.229 e. The number of benzene rings is 2. The van der Waals surface area contributed by atoms with Crippen molar-refractivity contribution < 1.29 is 0 Å². The van der Waals surface area contributed by atoms with Crippen molar-refractivity contribution in [1.82, 2.24) is 15.0 Å². The molecule has 0 spiro atoms. The SMILES string of the molecule is C[C@H](Nc1nc(NC2CCCCC2)nc(NC2C3CC4CC(C3)CC2C4)n1)c1cccc2ccccc12. The Balaban J connectivity index is 1.16. The van der Waals surface area contributed by atoms with Gasteiger partial charge in [-0.05, 0) is 91.9 Å². The quantitative estimate of drug-likeness (QED) is 0.322. The first-order chi connectivity index (χ1) is 18.2. The number of hydrogen-bond donors (Lipinski definition) is 3. The number of hydrogen-bond acceptors (Lipinski definition) is 6. The number of fused-ring (bicyclic) bond motifs is 1. The van der Waals surface area contributed by atoms with Gasteiger partial charge < -0.3 is 16.0 Å². The van der Waals surface area contributed by atoms with Gasteiger partial charge in [-0.1, -0.05) is 61.7 Å². The van der Waals surface area contributed by atoms with Crippen LogP contribution in [-0.2, 0) is 0 Å². The molecule has 6 heteroatoms. The van der Waals surface area contributed by atoms with E-state index in [2.05, 4.69) is 65.3 Å². The average Bonchev–Trinajstić information content (AvgIpc) is 2.90. The molecule has 5 fully saturated rings. The Hall–Kier alpha value is -2.89. The van der Waals surface area contributed by atoms with E-state index < -0.39 is 0 Å². The van der Waals surface area contributed by atoms with Crippen LogP contribution in [0.15, 0.2) is 42.5 Å². The molecule has 5 saturated carbocycles. The summed E-state index contributed by atoms with van der Waals surface area (Å²) < 4.78 is 0. The molecule has 1 heterocycles. The number of anilines is 3. The van der Waals surface area contributed by atoms with Gasteiger partial charge in [0.25, 0.3) is 0 Å². The zero-order chi connectivity index (χ0) is 24.8. The minimum Gasteiger partial charge on any atom is -0.351 e. The lowest BCUT2D eigenvalue weighted by Crippen LogP contribution is -2.51. The summed E-state index contributed by atoms with van der Waals surface area (Å²) in [7, 11) is 0. The molecule has 0 aliphatic heterocycles. The van der Waals surface area contributed by atoms with Gasteiger partial charge in [0.05, 0.1) is 6.04 Å². The second kappa shape index (κ2) is 9.77. The van der Waals surface area contributed by atoms with Crippen LogP contribution >= 0.6 is 0 Å². The maximum absolute atomic E-state index is 4.94. The minimum absolute atomic E-state index is 0.0741. The largest absolute Gasteiger partial charge is 0.351 e. The van der Waals surface area contributed by atoms with Crippen LogP contribution in [0.5, 0.6) is 0 Å². The first-order valence-corrected chi connectivity index (χ1v) is 14.7. The molecule has 4 bridgehead atoms. The number of nitrogens with zero attached hydrogens (tertiary/aromatic N) is 3. The van der Waals surface area contributed by atoms with E-state index in [-0.39, 0.29) is 6.04 Å². The predicted molar refractivity (Wildman–Crippen MR) is 151 cm³/mol. The minimum atomic E-state index is 0.0741. The van der Waals surface area contributed by atoms with Gasteiger partial charge in [0, 0.05) is 12.1 Å². The highest BCUT2D eigenvalue weighted by atomic mass is 15.3. The Labute approximate surface area is 220 Å². The van der Waals surface area contributed by atoms with Crippen molar-refractivity contribution in [1.29, 1.82) is 0 Å². The van der Waals surface area contributed by atoms with E-state index in [9.17, 15) is 0 Å². The van der Waals surface area contributed by atoms with Crippen LogP contribution in [-0.4, -0.2) is 27.0 Å². The van der Waals surface area contributed by atoms with Crippen molar-refractivity contribution in [2.45, 2.75) is 89.3 Å². The van der Waals surface area contributed by atoms with E-state index in [4.69, 9.17) is 15.0 Å². The van der Waals surface area contributed by atoms with Gasteiger partial charge in [0.1, 0.15) is 0 Å². The van der Waals surface area contributed by atoms with Gasteiger partial charge in [-0.25, -0.2) is 0 Å². The van der Waals surface area contributed by atoms with Gasteiger partial charge >= 0.3 is 0 Å². The topological polar surface area (TPSA) is 74.8 Å². The molecule has 194 valence electrons. The highest BCUT2D eigenvalue weighted by Gasteiger charge is 2.48. The molecular weight excluding hydrogens is 456 g/mol. The van der Waals surface area contributed by atoms with Crippen LogP contribution in [0.25, 0.3) is 10.8 Å². The van der Waals surface area contributed by atoms with Crippen molar-refractivity contribution in [3.8, 4) is 0 Å². The van der Waals surface area contributed by atoms with E-state index in [0.29, 0.717) is 24.0 Å². The zero-order valence-corrected chi connectivity index (χ0v) is 22.0. The summed E-state index contributed by atoms with van der Waals surface area (Å²) in [6.07, 6.45) is 13.3.